The van der Waals surface area contributed by atoms with Gasteiger partial charge in [-0.1, -0.05) is 18.2 Å². The molecular weight excluding hydrogens is 284 g/mol. The zero-order valence-electron chi connectivity index (χ0n) is 12.0. The number of thioether (sulfide) groups is 1. The van der Waals surface area contributed by atoms with Gasteiger partial charge in [0.05, 0.1) is 12.1 Å². The lowest BCUT2D eigenvalue weighted by atomic mass is 9.93. The largest absolute Gasteiger partial charge is 0.393 e. The molecule has 1 atom stereocenters. The number of rotatable bonds is 2. The van der Waals surface area contributed by atoms with Crippen LogP contribution in [-0.4, -0.2) is 29.0 Å². The molecule has 2 aliphatic rings. The van der Waals surface area contributed by atoms with Gasteiger partial charge in [-0.25, -0.2) is 4.79 Å². The molecule has 5 heteroatoms. The molecule has 0 aromatic heterocycles. The monoisotopic (exact) mass is 306 g/mol. The van der Waals surface area contributed by atoms with E-state index in [0.29, 0.717) is 0 Å². The second-order valence-electron chi connectivity index (χ2n) is 5.85. The highest BCUT2D eigenvalue weighted by atomic mass is 32.2. The number of aliphatic hydroxyl groups excluding tert-OH is 1. The summed E-state index contributed by atoms with van der Waals surface area (Å²) < 4.78 is 0. The van der Waals surface area contributed by atoms with Crippen LogP contribution in [0.25, 0.3) is 0 Å². The highest BCUT2D eigenvalue weighted by Crippen LogP contribution is 2.35. The molecule has 1 aliphatic heterocycles. The number of carbonyl (C=O) groups excluding carboxylic acids is 1. The second-order valence-corrected chi connectivity index (χ2v) is 6.99. The molecule has 1 aromatic rings. The van der Waals surface area contributed by atoms with Gasteiger partial charge in [-0.05, 0) is 43.7 Å². The first-order chi connectivity index (χ1) is 10.2. The van der Waals surface area contributed by atoms with Crippen molar-refractivity contribution >= 4 is 17.8 Å². The Morgan fingerprint density at radius 3 is 2.67 bits per heavy atom. The van der Waals surface area contributed by atoms with Crippen molar-refractivity contribution in [3.05, 3.63) is 29.8 Å². The highest BCUT2D eigenvalue weighted by Gasteiger charge is 2.24. The molecule has 1 aliphatic carbocycles. The van der Waals surface area contributed by atoms with Crippen molar-refractivity contribution in [3.8, 4) is 0 Å². The van der Waals surface area contributed by atoms with E-state index in [9.17, 15) is 9.90 Å². The molecule has 1 heterocycles. The van der Waals surface area contributed by atoms with E-state index in [1.807, 2.05) is 23.9 Å². The van der Waals surface area contributed by atoms with Gasteiger partial charge >= 0.3 is 6.03 Å². The maximum Gasteiger partial charge on any atom is 0.315 e. The van der Waals surface area contributed by atoms with E-state index in [4.69, 9.17) is 0 Å². The molecule has 114 valence electrons. The highest BCUT2D eigenvalue weighted by molar-refractivity contribution is 7.99. The Hall–Kier alpha value is -1.20. The van der Waals surface area contributed by atoms with Crippen LogP contribution < -0.4 is 10.6 Å². The Labute approximate surface area is 129 Å². The number of urea groups is 1. The summed E-state index contributed by atoms with van der Waals surface area (Å²) in [5.74, 6) is 1.04. The molecule has 2 amide bonds. The van der Waals surface area contributed by atoms with Crippen molar-refractivity contribution < 1.29 is 9.90 Å². The normalized spacial score (nSPS) is 28.5. The summed E-state index contributed by atoms with van der Waals surface area (Å²) in [7, 11) is 0. The van der Waals surface area contributed by atoms with Gasteiger partial charge < -0.3 is 15.7 Å². The van der Waals surface area contributed by atoms with Crippen molar-refractivity contribution in [1.82, 2.24) is 10.6 Å². The van der Waals surface area contributed by atoms with Crippen LogP contribution in [0, 0.1) is 0 Å². The summed E-state index contributed by atoms with van der Waals surface area (Å²) in [6, 6.07) is 8.51. The molecule has 1 aromatic carbocycles. The number of hydrogen-bond acceptors (Lipinski definition) is 3. The topological polar surface area (TPSA) is 61.4 Å². The van der Waals surface area contributed by atoms with Gasteiger partial charge in [-0.15, -0.1) is 11.8 Å². The van der Waals surface area contributed by atoms with Crippen LogP contribution in [0.5, 0.6) is 0 Å². The molecule has 3 N–H and O–H groups in total. The van der Waals surface area contributed by atoms with E-state index in [-0.39, 0.29) is 24.2 Å². The number of nitrogens with one attached hydrogen (secondary N) is 2. The molecule has 0 saturated heterocycles. The van der Waals surface area contributed by atoms with Crippen LogP contribution in [-0.2, 0) is 0 Å². The van der Waals surface area contributed by atoms with Crippen LogP contribution in [0.2, 0.25) is 0 Å². The maximum atomic E-state index is 12.2. The minimum atomic E-state index is -0.187. The lowest BCUT2D eigenvalue weighted by molar-refractivity contribution is 0.117. The Balaban J connectivity index is 1.56. The Kier molecular flexibility index (Phi) is 4.70. The zero-order valence-corrected chi connectivity index (χ0v) is 12.9. The summed E-state index contributed by atoms with van der Waals surface area (Å²) in [4.78, 5) is 13.5. The van der Waals surface area contributed by atoms with Crippen LogP contribution >= 0.6 is 11.8 Å². The van der Waals surface area contributed by atoms with Gasteiger partial charge in [-0.3, -0.25) is 0 Å². The lowest BCUT2D eigenvalue weighted by Gasteiger charge is -2.29. The molecule has 0 spiro atoms. The van der Waals surface area contributed by atoms with Crippen molar-refractivity contribution in [2.45, 2.75) is 55.2 Å². The minimum absolute atomic E-state index is 0.0805. The Morgan fingerprint density at radius 1 is 1.10 bits per heavy atom. The van der Waals surface area contributed by atoms with Crippen molar-refractivity contribution in [2.75, 3.05) is 5.75 Å². The van der Waals surface area contributed by atoms with Gasteiger partial charge in [0, 0.05) is 16.7 Å². The van der Waals surface area contributed by atoms with Crippen LogP contribution in [0.3, 0.4) is 0 Å². The third-order valence-corrected chi connectivity index (χ3v) is 5.42. The summed E-state index contributed by atoms with van der Waals surface area (Å²) in [5, 5.41) is 15.7. The number of amides is 2. The summed E-state index contributed by atoms with van der Waals surface area (Å²) in [5.41, 5.74) is 1.22. The second kappa shape index (κ2) is 6.71. The van der Waals surface area contributed by atoms with Gasteiger partial charge in [0.2, 0.25) is 0 Å². The van der Waals surface area contributed by atoms with Crippen LogP contribution in [0.1, 0.15) is 43.7 Å². The molecule has 0 bridgehead atoms. The van der Waals surface area contributed by atoms with Gasteiger partial charge in [0.15, 0.2) is 0 Å². The average Bonchev–Trinajstić information content (AvgIpc) is 2.50. The van der Waals surface area contributed by atoms with Crippen molar-refractivity contribution in [2.24, 2.45) is 0 Å². The standard InChI is InChI=1S/C16H22N2O2S/c19-12-7-5-11(6-8-12)17-16(20)18-14-9-10-21-15-4-2-1-3-13(14)15/h1-4,11-12,14,19H,5-10H2,(H2,17,18,20). The summed E-state index contributed by atoms with van der Waals surface area (Å²) in [6.45, 7) is 0. The van der Waals surface area contributed by atoms with Crippen molar-refractivity contribution in [3.63, 3.8) is 0 Å². The van der Waals surface area contributed by atoms with Gasteiger partial charge in [0.1, 0.15) is 0 Å². The Bertz CT molecular complexity index is 501. The molecule has 1 fully saturated rings. The third kappa shape index (κ3) is 3.71. The Morgan fingerprint density at radius 2 is 1.86 bits per heavy atom. The first kappa shape index (κ1) is 14.7. The van der Waals surface area contributed by atoms with E-state index >= 15 is 0 Å². The molecule has 1 saturated carbocycles. The fourth-order valence-electron chi connectivity index (χ4n) is 3.10. The number of hydrogen-bond donors (Lipinski definition) is 3. The third-order valence-electron chi connectivity index (χ3n) is 4.30. The quantitative estimate of drug-likeness (QED) is 0.787. The molecule has 21 heavy (non-hydrogen) atoms. The minimum Gasteiger partial charge on any atom is -0.393 e. The van der Waals surface area contributed by atoms with E-state index in [1.54, 1.807) is 0 Å². The smallest absolute Gasteiger partial charge is 0.315 e. The first-order valence-corrected chi connectivity index (χ1v) is 8.68. The van der Waals surface area contributed by atoms with Crippen LogP contribution in [0.15, 0.2) is 29.2 Å². The number of carbonyl (C=O) groups is 1. The molecule has 1 unspecified atom stereocenters. The summed E-state index contributed by atoms with van der Waals surface area (Å²) in [6.07, 6.45) is 4.09. The van der Waals surface area contributed by atoms with Gasteiger partial charge in [0.25, 0.3) is 0 Å². The predicted molar refractivity (Wildman–Crippen MR) is 84.5 cm³/mol. The molecule has 0 radical (unpaired) electrons. The fraction of sp³-hybridized carbons (Fsp3) is 0.562. The fourth-order valence-corrected chi connectivity index (χ4v) is 4.22. The number of benzene rings is 1. The number of aliphatic hydroxyl groups is 1. The molecular formula is C16H22N2O2S. The van der Waals surface area contributed by atoms with E-state index in [1.165, 1.54) is 10.5 Å². The zero-order chi connectivity index (χ0) is 14.7. The van der Waals surface area contributed by atoms with Crippen molar-refractivity contribution in [1.29, 1.82) is 0 Å². The van der Waals surface area contributed by atoms with E-state index < -0.39 is 0 Å². The predicted octanol–water partition coefficient (Wildman–Crippen LogP) is 2.83. The average molecular weight is 306 g/mol. The summed E-state index contributed by atoms with van der Waals surface area (Å²) >= 11 is 1.86. The maximum absolute atomic E-state index is 12.2. The molecule has 4 nitrogen and oxygen atoms in total. The number of fused-ring (bicyclic) bond motifs is 1. The first-order valence-electron chi connectivity index (χ1n) is 7.69. The van der Waals surface area contributed by atoms with E-state index in [2.05, 4.69) is 22.8 Å². The van der Waals surface area contributed by atoms with Crippen LogP contribution in [0.4, 0.5) is 4.79 Å². The van der Waals surface area contributed by atoms with Gasteiger partial charge in [-0.2, -0.15) is 0 Å². The lowest BCUT2D eigenvalue weighted by Crippen LogP contribution is -2.45. The SMILES string of the molecule is O=C(NC1CCC(O)CC1)NC1CCSc2ccccc21. The van der Waals surface area contributed by atoms with E-state index in [0.717, 1.165) is 37.9 Å². The molecule has 3 rings (SSSR count).